The smallest absolute Gasteiger partial charge is 0.110 e. The van der Waals surface area contributed by atoms with Crippen LogP contribution in [0.1, 0.15) is 17.4 Å². The Kier molecular flexibility index (Phi) is 3.05. The zero-order valence-electron chi connectivity index (χ0n) is 11.0. The van der Waals surface area contributed by atoms with E-state index in [1.165, 1.54) is 10.8 Å². The third-order valence-corrected chi connectivity index (χ3v) is 3.53. The number of benzene rings is 2. The Hall–Kier alpha value is -2.13. The number of rotatable bonds is 3. The van der Waals surface area contributed by atoms with E-state index in [4.69, 9.17) is 5.73 Å². The summed E-state index contributed by atoms with van der Waals surface area (Å²) < 4.78 is 2.01. The minimum atomic E-state index is -0.0225. The summed E-state index contributed by atoms with van der Waals surface area (Å²) in [5.41, 5.74) is 7.45. The van der Waals surface area contributed by atoms with Gasteiger partial charge >= 0.3 is 0 Å². The number of aromatic nitrogens is 2. The van der Waals surface area contributed by atoms with Crippen LogP contribution in [0, 0.1) is 0 Å². The molecular formula is C16H17N3. The molecule has 0 amide bonds. The fourth-order valence-electron chi connectivity index (χ4n) is 2.35. The number of imidazole rings is 1. The SMILES string of the molecule is Cn1ccnc1CC(N)c1ccc2ccccc2c1. The van der Waals surface area contributed by atoms with Crippen LogP contribution >= 0.6 is 0 Å². The summed E-state index contributed by atoms with van der Waals surface area (Å²) in [6.45, 7) is 0. The molecule has 0 fully saturated rings. The summed E-state index contributed by atoms with van der Waals surface area (Å²) in [6, 6.07) is 14.7. The van der Waals surface area contributed by atoms with E-state index >= 15 is 0 Å². The maximum atomic E-state index is 6.29. The van der Waals surface area contributed by atoms with E-state index in [0.717, 1.165) is 17.8 Å². The first-order chi connectivity index (χ1) is 9.24. The second-order valence-corrected chi connectivity index (χ2v) is 4.87. The van der Waals surface area contributed by atoms with Crippen molar-refractivity contribution < 1.29 is 0 Å². The molecule has 0 aliphatic carbocycles. The fraction of sp³-hybridized carbons (Fsp3) is 0.188. The van der Waals surface area contributed by atoms with Crippen LogP contribution in [0.3, 0.4) is 0 Å². The van der Waals surface area contributed by atoms with E-state index in [9.17, 15) is 0 Å². The van der Waals surface area contributed by atoms with Crippen LogP contribution in [0.2, 0.25) is 0 Å². The number of nitrogens with two attached hydrogens (primary N) is 1. The lowest BCUT2D eigenvalue weighted by atomic mass is 10.0. The van der Waals surface area contributed by atoms with Gasteiger partial charge in [0.2, 0.25) is 0 Å². The van der Waals surface area contributed by atoms with Crippen molar-refractivity contribution in [1.82, 2.24) is 9.55 Å². The zero-order chi connectivity index (χ0) is 13.2. The second-order valence-electron chi connectivity index (χ2n) is 4.87. The lowest BCUT2D eigenvalue weighted by molar-refractivity contribution is 0.660. The molecule has 2 aromatic carbocycles. The summed E-state index contributed by atoms with van der Waals surface area (Å²) >= 11 is 0. The molecule has 0 bridgehead atoms. The lowest BCUT2D eigenvalue weighted by Gasteiger charge is -2.12. The topological polar surface area (TPSA) is 43.8 Å². The molecule has 0 radical (unpaired) electrons. The van der Waals surface area contributed by atoms with Gasteiger partial charge in [-0.2, -0.15) is 0 Å². The van der Waals surface area contributed by atoms with Crippen LogP contribution < -0.4 is 5.73 Å². The number of hydrogen-bond donors (Lipinski definition) is 1. The molecule has 1 atom stereocenters. The molecule has 0 saturated carbocycles. The third-order valence-electron chi connectivity index (χ3n) is 3.53. The van der Waals surface area contributed by atoms with Gasteiger partial charge in [0.1, 0.15) is 5.82 Å². The Morgan fingerprint density at radius 3 is 2.68 bits per heavy atom. The Morgan fingerprint density at radius 2 is 1.95 bits per heavy atom. The number of aryl methyl sites for hydroxylation is 1. The monoisotopic (exact) mass is 251 g/mol. The van der Waals surface area contributed by atoms with Crippen LogP contribution in [0.15, 0.2) is 54.9 Å². The van der Waals surface area contributed by atoms with Crippen molar-refractivity contribution in [2.45, 2.75) is 12.5 Å². The summed E-state index contributed by atoms with van der Waals surface area (Å²) in [6.07, 6.45) is 4.51. The predicted octanol–water partition coefficient (Wildman–Crippen LogP) is 2.82. The molecule has 1 aromatic heterocycles. The first-order valence-electron chi connectivity index (χ1n) is 6.44. The highest BCUT2D eigenvalue weighted by Gasteiger charge is 2.10. The average Bonchev–Trinajstić information content (AvgIpc) is 2.84. The van der Waals surface area contributed by atoms with E-state index in [-0.39, 0.29) is 6.04 Å². The first kappa shape index (κ1) is 11.9. The molecule has 0 saturated heterocycles. The number of nitrogens with zero attached hydrogens (tertiary/aromatic N) is 2. The highest BCUT2D eigenvalue weighted by molar-refractivity contribution is 5.83. The Bertz CT molecular complexity index is 700. The summed E-state index contributed by atoms with van der Waals surface area (Å²) in [7, 11) is 2.00. The molecule has 3 aromatic rings. The van der Waals surface area contributed by atoms with Gasteiger partial charge in [0.25, 0.3) is 0 Å². The number of hydrogen-bond acceptors (Lipinski definition) is 2. The molecule has 1 unspecified atom stereocenters. The summed E-state index contributed by atoms with van der Waals surface area (Å²) in [4.78, 5) is 4.33. The van der Waals surface area contributed by atoms with Gasteiger partial charge in [-0.25, -0.2) is 4.98 Å². The van der Waals surface area contributed by atoms with Crippen LogP contribution in [0.25, 0.3) is 10.8 Å². The largest absolute Gasteiger partial charge is 0.338 e. The van der Waals surface area contributed by atoms with E-state index in [1.807, 2.05) is 24.0 Å². The third kappa shape index (κ3) is 2.37. The van der Waals surface area contributed by atoms with Crippen LogP contribution in [-0.2, 0) is 13.5 Å². The Balaban J connectivity index is 1.89. The summed E-state index contributed by atoms with van der Waals surface area (Å²) in [5.74, 6) is 1.01. The molecule has 1 heterocycles. The second kappa shape index (κ2) is 4.86. The van der Waals surface area contributed by atoms with Crippen LogP contribution in [0.5, 0.6) is 0 Å². The quantitative estimate of drug-likeness (QED) is 0.778. The number of fused-ring (bicyclic) bond motifs is 1. The van der Waals surface area contributed by atoms with Gasteiger partial charge in [0.15, 0.2) is 0 Å². The van der Waals surface area contributed by atoms with Gasteiger partial charge in [-0.3, -0.25) is 0 Å². The molecule has 0 spiro atoms. The van der Waals surface area contributed by atoms with Gasteiger partial charge in [-0.15, -0.1) is 0 Å². The highest BCUT2D eigenvalue weighted by atomic mass is 15.0. The van der Waals surface area contributed by atoms with Crippen molar-refractivity contribution in [3.8, 4) is 0 Å². The van der Waals surface area contributed by atoms with Gasteiger partial charge < -0.3 is 10.3 Å². The minimum Gasteiger partial charge on any atom is -0.338 e. The molecule has 3 rings (SSSR count). The molecule has 0 aliphatic heterocycles. The van der Waals surface area contributed by atoms with Crippen LogP contribution in [0.4, 0.5) is 0 Å². The first-order valence-corrected chi connectivity index (χ1v) is 6.44. The van der Waals surface area contributed by atoms with E-state index in [2.05, 4.69) is 47.4 Å². The lowest BCUT2D eigenvalue weighted by Crippen LogP contribution is -2.15. The maximum Gasteiger partial charge on any atom is 0.110 e. The molecule has 96 valence electrons. The van der Waals surface area contributed by atoms with Crippen molar-refractivity contribution in [1.29, 1.82) is 0 Å². The van der Waals surface area contributed by atoms with E-state index < -0.39 is 0 Å². The van der Waals surface area contributed by atoms with E-state index in [0.29, 0.717) is 0 Å². The predicted molar refractivity (Wildman–Crippen MR) is 77.8 cm³/mol. The van der Waals surface area contributed by atoms with Crippen molar-refractivity contribution >= 4 is 10.8 Å². The van der Waals surface area contributed by atoms with Gasteiger partial charge in [-0.1, -0.05) is 36.4 Å². The molecule has 3 nitrogen and oxygen atoms in total. The van der Waals surface area contributed by atoms with Crippen molar-refractivity contribution in [3.05, 3.63) is 66.2 Å². The Morgan fingerprint density at radius 1 is 1.16 bits per heavy atom. The van der Waals surface area contributed by atoms with Crippen LogP contribution in [-0.4, -0.2) is 9.55 Å². The standard InChI is InChI=1S/C16H17N3/c1-19-9-8-18-16(19)11-15(17)14-7-6-12-4-2-3-5-13(12)10-14/h2-10,15H,11,17H2,1H3. The maximum absolute atomic E-state index is 6.29. The summed E-state index contributed by atoms with van der Waals surface area (Å²) in [5, 5.41) is 2.48. The molecule has 19 heavy (non-hydrogen) atoms. The van der Waals surface area contributed by atoms with Crippen molar-refractivity contribution in [2.75, 3.05) is 0 Å². The molecule has 2 N–H and O–H groups in total. The van der Waals surface area contributed by atoms with Gasteiger partial charge in [0.05, 0.1) is 0 Å². The fourth-order valence-corrected chi connectivity index (χ4v) is 2.35. The minimum absolute atomic E-state index is 0.0225. The van der Waals surface area contributed by atoms with Crippen molar-refractivity contribution in [3.63, 3.8) is 0 Å². The normalized spacial score (nSPS) is 12.7. The Labute approximate surface area is 112 Å². The average molecular weight is 251 g/mol. The van der Waals surface area contributed by atoms with E-state index in [1.54, 1.807) is 0 Å². The molecular weight excluding hydrogens is 234 g/mol. The zero-order valence-corrected chi connectivity index (χ0v) is 11.0. The van der Waals surface area contributed by atoms with Gasteiger partial charge in [-0.05, 0) is 22.4 Å². The van der Waals surface area contributed by atoms with Crippen molar-refractivity contribution in [2.24, 2.45) is 12.8 Å². The molecule has 3 heteroatoms. The van der Waals surface area contributed by atoms with Gasteiger partial charge in [0, 0.05) is 31.9 Å². The highest BCUT2D eigenvalue weighted by Crippen LogP contribution is 2.21. The molecule has 0 aliphatic rings.